The lowest BCUT2D eigenvalue weighted by Crippen LogP contribution is -2.24. The molecule has 0 unspecified atom stereocenters. The minimum absolute atomic E-state index is 0.290. The summed E-state index contributed by atoms with van der Waals surface area (Å²) < 4.78 is 17.9. The van der Waals surface area contributed by atoms with Gasteiger partial charge in [-0.15, -0.1) is 0 Å². The molecule has 0 spiro atoms. The molecule has 94 valence electrons. The Kier molecular flexibility index (Phi) is 3.80. The van der Waals surface area contributed by atoms with E-state index in [2.05, 4.69) is 11.8 Å². The summed E-state index contributed by atoms with van der Waals surface area (Å²) in [4.78, 5) is 12.8. The van der Waals surface area contributed by atoms with Gasteiger partial charge in [-0.1, -0.05) is 17.9 Å². The van der Waals surface area contributed by atoms with Crippen LogP contribution < -0.4 is 0 Å². The van der Waals surface area contributed by atoms with E-state index in [1.54, 1.807) is 6.07 Å². The van der Waals surface area contributed by atoms with Gasteiger partial charge in [-0.25, -0.2) is 9.18 Å². The number of rotatable bonds is 2. The van der Waals surface area contributed by atoms with Crippen molar-refractivity contribution in [3.8, 4) is 11.8 Å². The summed E-state index contributed by atoms with van der Waals surface area (Å²) in [6.07, 6.45) is -0.375. The minimum Gasteiger partial charge on any atom is -0.448 e. The zero-order valence-corrected chi connectivity index (χ0v) is 9.65. The molecule has 0 aliphatic carbocycles. The highest BCUT2D eigenvalue weighted by atomic mass is 19.1. The second kappa shape index (κ2) is 5.52. The van der Waals surface area contributed by atoms with Crippen LogP contribution in [0.1, 0.15) is 11.1 Å². The van der Waals surface area contributed by atoms with Gasteiger partial charge in [-0.3, -0.25) is 0 Å². The van der Waals surface area contributed by atoms with E-state index in [0.29, 0.717) is 25.3 Å². The van der Waals surface area contributed by atoms with Gasteiger partial charge < -0.3 is 14.7 Å². The van der Waals surface area contributed by atoms with E-state index in [1.165, 1.54) is 17.0 Å². The average Bonchev–Trinajstić information content (AvgIpc) is 2.75. The lowest BCUT2D eigenvalue weighted by molar-refractivity contribution is 0.157. The van der Waals surface area contributed by atoms with Gasteiger partial charge in [0.2, 0.25) is 0 Å². The van der Waals surface area contributed by atoms with E-state index in [1.807, 2.05) is 0 Å². The molecular formula is C13H12FNO3. The van der Waals surface area contributed by atoms with Crippen molar-refractivity contribution in [3.63, 3.8) is 0 Å². The maximum Gasteiger partial charge on any atom is 0.410 e. The summed E-state index contributed by atoms with van der Waals surface area (Å²) in [5, 5.41) is 8.66. The molecule has 1 aromatic rings. The highest BCUT2D eigenvalue weighted by molar-refractivity contribution is 5.69. The number of ether oxygens (including phenoxy) is 1. The monoisotopic (exact) mass is 249 g/mol. The molecule has 0 saturated carbocycles. The van der Waals surface area contributed by atoms with Crippen molar-refractivity contribution >= 4 is 6.09 Å². The third-order valence-electron chi connectivity index (χ3n) is 2.58. The van der Waals surface area contributed by atoms with Gasteiger partial charge in [0.05, 0.1) is 13.1 Å². The average molecular weight is 249 g/mol. The molecule has 4 nitrogen and oxygen atoms in total. The molecule has 1 N–H and O–H groups in total. The first kappa shape index (κ1) is 12.4. The third-order valence-corrected chi connectivity index (χ3v) is 2.58. The fraction of sp³-hybridized carbons (Fsp3) is 0.308. The number of hydrogen-bond acceptors (Lipinski definition) is 3. The summed E-state index contributed by atoms with van der Waals surface area (Å²) in [6, 6.07) is 4.20. The molecule has 0 aromatic heterocycles. The van der Waals surface area contributed by atoms with Crippen LogP contribution in [0.4, 0.5) is 9.18 Å². The first-order valence-electron chi connectivity index (χ1n) is 5.50. The quantitative estimate of drug-likeness (QED) is 0.799. The van der Waals surface area contributed by atoms with Crippen molar-refractivity contribution in [3.05, 3.63) is 35.1 Å². The first-order valence-corrected chi connectivity index (χ1v) is 5.50. The van der Waals surface area contributed by atoms with E-state index in [0.717, 1.165) is 5.56 Å². The third kappa shape index (κ3) is 2.79. The Bertz CT molecular complexity index is 519. The van der Waals surface area contributed by atoms with Crippen LogP contribution in [0.2, 0.25) is 0 Å². The van der Waals surface area contributed by atoms with Crippen molar-refractivity contribution in [1.82, 2.24) is 4.90 Å². The molecule has 0 bridgehead atoms. The number of aliphatic hydroxyl groups excluding tert-OH is 1. The maximum absolute atomic E-state index is 13.1. The van der Waals surface area contributed by atoms with Gasteiger partial charge in [0.15, 0.2) is 0 Å². The smallest absolute Gasteiger partial charge is 0.410 e. The Morgan fingerprint density at radius 1 is 1.50 bits per heavy atom. The molecular weight excluding hydrogens is 237 g/mol. The van der Waals surface area contributed by atoms with E-state index < -0.39 is 5.82 Å². The molecule has 18 heavy (non-hydrogen) atoms. The van der Waals surface area contributed by atoms with Gasteiger partial charge in [0.25, 0.3) is 0 Å². The lowest BCUT2D eigenvalue weighted by Gasteiger charge is -2.13. The van der Waals surface area contributed by atoms with Crippen LogP contribution in [0.25, 0.3) is 0 Å². The predicted octanol–water partition coefficient (Wildman–Crippen LogP) is 1.12. The maximum atomic E-state index is 13.1. The SMILES string of the molecule is O=C1OCCN1Cc1ccc(F)cc1C#CCO. The van der Waals surface area contributed by atoms with E-state index in [4.69, 9.17) is 9.84 Å². The summed E-state index contributed by atoms with van der Waals surface area (Å²) in [5.41, 5.74) is 1.21. The molecule has 1 aromatic carbocycles. The Balaban J connectivity index is 2.23. The number of carbonyl (C=O) groups is 1. The van der Waals surface area contributed by atoms with Gasteiger partial charge in [0, 0.05) is 5.56 Å². The molecule has 0 atom stereocenters. The van der Waals surface area contributed by atoms with Crippen LogP contribution >= 0.6 is 0 Å². The van der Waals surface area contributed by atoms with Crippen LogP contribution in [0.15, 0.2) is 18.2 Å². The van der Waals surface area contributed by atoms with E-state index in [9.17, 15) is 9.18 Å². The van der Waals surface area contributed by atoms with Crippen LogP contribution in [0, 0.1) is 17.7 Å². The molecule has 1 saturated heterocycles. The summed E-state index contributed by atoms with van der Waals surface area (Å²) in [6.45, 7) is 0.928. The normalized spacial score (nSPS) is 14.1. The fourth-order valence-corrected chi connectivity index (χ4v) is 1.71. The molecule has 1 aliphatic rings. The van der Waals surface area contributed by atoms with Gasteiger partial charge in [0.1, 0.15) is 19.0 Å². The summed E-state index contributed by atoms with van der Waals surface area (Å²) >= 11 is 0. The number of aliphatic hydroxyl groups is 1. The first-order chi connectivity index (χ1) is 8.70. The standard InChI is InChI=1S/C13H12FNO3/c14-12-4-3-11(10(8-12)2-1-6-16)9-15-5-7-18-13(15)17/h3-4,8,16H,5-7,9H2. The molecule has 2 rings (SSSR count). The Morgan fingerprint density at radius 3 is 3.00 bits per heavy atom. The lowest BCUT2D eigenvalue weighted by atomic mass is 10.1. The molecule has 1 aliphatic heterocycles. The van der Waals surface area contributed by atoms with Crippen LogP contribution in [-0.4, -0.2) is 35.9 Å². The second-order valence-corrected chi connectivity index (χ2v) is 3.80. The molecule has 1 fully saturated rings. The molecule has 1 heterocycles. The van der Waals surface area contributed by atoms with Crippen molar-refractivity contribution < 1.29 is 19.0 Å². The van der Waals surface area contributed by atoms with Crippen LogP contribution in [0.5, 0.6) is 0 Å². The van der Waals surface area contributed by atoms with Crippen molar-refractivity contribution in [1.29, 1.82) is 0 Å². The Hall–Kier alpha value is -2.06. The Morgan fingerprint density at radius 2 is 2.33 bits per heavy atom. The summed E-state index contributed by atoms with van der Waals surface area (Å²) in [5.74, 6) is 4.75. The molecule has 5 heteroatoms. The fourth-order valence-electron chi connectivity index (χ4n) is 1.71. The minimum atomic E-state index is -0.398. The number of halogens is 1. The number of carbonyl (C=O) groups excluding carboxylic acids is 1. The van der Waals surface area contributed by atoms with Gasteiger partial charge in [-0.2, -0.15) is 0 Å². The van der Waals surface area contributed by atoms with Gasteiger partial charge in [-0.05, 0) is 17.7 Å². The second-order valence-electron chi connectivity index (χ2n) is 3.80. The predicted molar refractivity (Wildman–Crippen MR) is 62.1 cm³/mol. The van der Waals surface area contributed by atoms with Crippen LogP contribution in [-0.2, 0) is 11.3 Å². The van der Waals surface area contributed by atoms with E-state index >= 15 is 0 Å². The number of cyclic esters (lactones) is 1. The van der Waals surface area contributed by atoms with Crippen molar-refractivity contribution in [2.45, 2.75) is 6.54 Å². The van der Waals surface area contributed by atoms with E-state index in [-0.39, 0.29) is 12.7 Å². The zero-order chi connectivity index (χ0) is 13.0. The Labute approximate surface area is 104 Å². The number of amides is 1. The number of hydrogen-bond donors (Lipinski definition) is 1. The largest absolute Gasteiger partial charge is 0.448 e. The summed E-state index contributed by atoms with van der Waals surface area (Å²) in [7, 11) is 0. The van der Waals surface area contributed by atoms with Gasteiger partial charge >= 0.3 is 6.09 Å². The highest BCUT2D eigenvalue weighted by Gasteiger charge is 2.22. The zero-order valence-electron chi connectivity index (χ0n) is 9.65. The number of benzene rings is 1. The molecule has 0 radical (unpaired) electrons. The highest BCUT2D eigenvalue weighted by Crippen LogP contribution is 2.15. The molecule has 1 amide bonds. The number of nitrogens with zero attached hydrogens (tertiary/aromatic N) is 1. The van der Waals surface area contributed by atoms with Crippen LogP contribution in [0.3, 0.4) is 0 Å². The topological polar surface area (TPSA) is 49.8 Å². The van der Waals surface area contributed by atoms with Crippen molar-refractivity contribution in [2.75, 3.05) is 19.8 Å². The van der Waals surface area contributed by atoms with Crippen molar-refractivity contribution in [2.24, 2.45) is 0 Å².